The predicted molar refractivity (Wildman–Crippen MR) is 94.2 cm³/mol. The molecule has 0 saturated carbocycles. The highest BCUT2D eigenvalue weighted by atomic mass is 16.6. The Hall–Kier alpha value is -3.23. The number of carbonyl (C=O) groups is 2. The zero-order valence-electron chi connectivity index (χ0n) is 15.0. The minimum Gasteiger partial charge on any atom is -0.458 e. The number of nitrogens with one attached hydrogen (secondary N) is 1. The van der Waals surface area contributed by atoms with Crippen LogP contribution in [0.4, 0.5) is 11.4 Å². The van der Waals surface area contributed by atoms with Crippen LogP contribution in [0.3, 0.4) is 0 Å². The highest BCUT2D eigenvalue weighted by molar-refractivity contribution is 6.07. The molecule has 1 heterocycles. The molecule has 0 aliphatic heterocycles. The number of aryl methyl sites for hydroxylation is 2. The van der Waals surface area contributed by atoms with Gasteiger partial charge in [-0.3, -0.25) is 19.6 Å². The molecule has 0 fully saturated rings. The fraction of sp³-hybridized carbons (Fsp3) is 0.353. The van der Waals surface area contributed by atoms with Crippen LogP contribution in [0.2, 0.25) is 0 Å². The molecule has 0 saturated heterocycles. The fourth-order valence-electron chi connectivity index (χ4n) is 2.29. The van der Waals surface area contributed by atoms with Gasteiger partial charge in [0.25, 0.3) is 11.6 Å². The van der Waals surface area contributed by atoms with Crippen LogP contribution in [0.5, 0.6) is 0 Å². The lowest BCUT2D eigenvalue weighted by Crippen LogP contribution is -2.17. The molecule has 2 rings (SSSR count). The second-order valence-electron chi connectivity index (χ2n) is 5.91. The zero-order chi connectivity index (χ0) is 19.4. The van der Waals surface area contributed by atoms with Gasteiger partial charge in [-0.2, -0.15) is 5.10 Å². The number of ether oxygens (including phenoxy) is 1. The monoisotopic (exact) mass is 360 g/mol. The molecule has 138 valence electrons. The maximum absolute atomic E-state index is 12.5. The summed E-state index contributed by atoms with van der Waals surface area (Å²) in [5.74, 6) is -1.14. The SMILES string of the molecule is CCn1cc(NC(=O)c2ccc([N+](=O)[O-])c(C)c2)c(C(=O)OC(C)C)n1. The smallest absolute Gasteiger partial charge is 0.361 e. The molecule has 1 aromatic heterocycles. The van der Waals surface area contributed by atoms with Crippen molar-refractivity contribution in [2.45, 2.75) is 40.3 Å². The van der Waals surface area contributed by atoms with Gasteiger partial charge in [0.1, 0.15) is 0 Å². The number of hydrogen-bond acceptors (Lipinski definition) is 6. The lowest BCUT2D eigenvalue weighted by atomic mass is 10.1. The van der Waals surface area contributed by atoms with E-state index >= 15 is 0 Å². The number of aromatic nitrogens is 2. The summed E-state index contributed by atoms with van der Waals surface area (Å²) in [7, 11) is 0. The summed E-state index contributed by atoms with van der Waals surface area (Å²) in [6.07, 6.45) is 1.21. The van der Waals surface area contributed by atoms with Crippen molar-refractivity contribution in [2.24, 2.45) is 0 Å². The Bertz CT molecular complexity index is 857. The number of carbonyl (C=O) groups excluding carboxylic acids is 2. The van der Waals surface area contributed by atoms with Crippen molar-refractivity contribution in [3.63, 3.8) is 0 Å². The third-order valence-electron chi connectivity index (χ3n) is 3.53. The Morgan fingerprint density at radius 2 is 2.08 bits per heavy atom. The first-order valence-electron chi connectivity index (χ1n) is 8.07. The molecule has 1 amide bonds. The fourth-order valence-corrected chi connectivity index (χ4v) is 2.29. The van der Waals surface area contributed by atoms with Crippen molar-refractivity contribution in [1.29, 1.82) is 0 Å². The van der Waals surface area contributed by atoms with Gasteiger partial charge in [0, 0.05) is 29.9 Å². The number of esters is 1. The van der Waals surface area contributed by atoms with E-state index in [1.165, 1.54) is 29.1 Å². The zero-order valence-corrected chi connectivity index (χ0v) is 15.0. The van der Waals surface area contributed by atoms with Crippen LogP contribution in [0.15, 0.2) is 24.4 Å². The molecule has 0 aliphatic carbocycles. The first-order chi connectivity index (χ1) is 12.2. The van der Waals surface area contributed by atoms with Crippen molar-refractivity contribution in [3.8, 4) is 0 Å². The lowest BCUT2D eigenvalue weighted by Gasteiger charge is -2.08. The largest absolute Gasteiger partial charge is 0.458 e. The van der Waals surface area contributed by atoms with Gasteiger partial charge in [0.05, 0.1) is 16.7 Å². The van der Waals surface area contributed by atoms with Gasteiger partial charge < -0.3 is 10.1 Å². The number of nitrogens with zero attached hydrogens (tertiary/aromatic N) is 3. The van der Waals surface area contributed by atoms with E-state index in [4.69, 9.17) is 4.74 Å². The van der Waals surface area contributed by atoms with E-state index < -0.39 is 16.8 Å². The molecule has 2 aromatic rings. The van der Waals surface area contributed by atoms with Crippen molar-refractivity contribution < 1.29 is 19.2 Å². The van der Waals surface area contributed by atoms with E-state index in [1.54, 1.807) is 20.8 Å². The molecule has 0 aliphatic rings. The summed E-state index contributed by atoms with van der Waals surface area (Å²) in [6, 6.07) is 4.05. The van der Waals surface area contributed by atoms with Crippen LogP contribution >= 0.6 is 0 Å². The third-order valence-corrected chi connectivity index (χ3v) is 3.53. The molecule has 9 nitrogen and oxygen atoms in total. The summed E-state index contributed by atoms with van der Waals surface area (Å²) in [6.45, 7) is 7.33. The standard InChI is InChI=1S/C17H20N4O5/c1-5-20-9-13(15(19-20)17(23)26-10(2)3)18-16(22)12-6-7-14(21(24)25)11(4)8-12/h6-10H,5H2,1-4H3,(H,18,22). The van der Waals surface area contributed by atoms with Crippen LogP contribution < -0.4 is 5.32 Å². The second kappa shape index (κ2) is 7.77. The Labute approximate surface area is 150 Å². The maximum atomic E-state index is 12.5. The van der Waals surface area contributed by atoms with Crippen molar-refractivity contribution >= 4 is 23.3 Å². The van der Waals surface area contributed by atoms with E-state index in [1.807, 2.05) is 6.92 Å². The first kappa shape index (κ1) is 19.1. The van der Waals surface area contributed by atoms with Gasteiger partial charge in [-0.1, -0.05) is 0 Å². The minimum absolute atomic E-state index is 0.00698. The number of anilines is 1. The highest BCUT2D eigenvalue weighted by Crippen LogP contribution is 2.21. The van der Waals surface area contributed by atoms with Crippen molar-refractivity contribution in [2.75, 3.05) is 5.32 Å². The van der Waals surface area contributed by atoms with Crippen LogP contribution in [0.1, 0.15) is 47.2 Å². The summed E-state index contributed by atoms with van der Waals surface area (Å²) in [5.41, 5.74) is 0.763. The summed E-state index contributed by atoms with van der Waals surface area (Å²) in [5, 5.41) is 17.6. The normalized spacial score (nSPS) is 10.7. The molecule has 9 heteroatoms. The van der Waals surface area contributed by atoms with Gasteiger partial charge in [-0.25, -0.2) is 4.79 Å². The number of hydrogen-bond donors (Lipinski definition) is 1. The molecule has 26 heavy (non-hydrogen) atoms. The Kier molecular flexibility index (Phi) is 5.71. The van der Waals surface area contributed by atoms with E-state index in [2.05, 4.69) is 10.4 Å². The average molecular weight is 360 g/mol. The van der Waals surface area contributed by atoms with Gasteiger partial charge >= 0.3 is 5.97 Å². The molecule has 0 radical (unpaired) electrons. The average Bonchev–Trinajstić information content (AvgIpc) is 2.96. The molecule has 1 N–H and O–H groups in total. The minimum atomic E-state index is -0.637. The van der Waals surface area contributed by atoms with Crippen LogP contribution in [0, 0.1) is 17.0 Å². The second-order valence-corrected chi connectivity index (χ2v) is 5.91. The van der Waals surface area contributed by atoms with Gasteiger partial charge in [-0.05, 0) is 39.8 Å². The van der Waals surface area contributed by atoms with E-state index in [9.17, 15) is 19.7 Å². The van der Waals surface area contributed by atoms with E-state index in [0.717, 1.165) is 0 Å². The summed E-state index contributed by atoms with van der Waals surface area (Å²) < 4.78 is 6.65. The van der Waals surface area contributed by atoms with E-state index in [-0.39, 0.29) is 28.7 Å². The van der Waals surface area contributed by atoms with Gasteiger partial charge in [-0.15, -0.1) is 0 Å². The Balaban J connectivity index is 2.28. The molecular weight excluding hydrogens is 340 g/mol. The van der Waals surface area contributed by atoms with Gasteiger partial charge in [0.15, 0.2) is 5.69 Å². The predicted octanol–water partition coefficient (Wildman–Crippen LogP) is 2.94. The molecule has 0 spiro atoms. The van der Waals surface area contributed by atoms with Crippen LogP contribution in [-0.2, 0) is 11.3 Å². The van der Waals surface area contributed by atoms with Crippen molar-refractivity contribution in [1.82, 2.24) is 9.78 Å². The van der Waals surface area contributed by atoms with Crippen LogP contribution in [-0.4, -0.2) is 32.7 Å². The number of amides is 1. The van der Waals surface area contributed by atoms with Crippen molar-refractivity contribution in [3.05, 3.63) is 51.3 Å². The highest BCUT2D eigenvalue weighted by Gasteiger charge is 2.22. The molecule has 0 atom stereocenters. The molecule has 1 aromatic carbocycles. The molecule has 0 bridgehead atoms. The third kappa shape index (κ3) is 4.24. The quantitative estimate of drug-likeness (QED) is 0.481. The number of nitro benzene ring substituents is 1. The first-order valence-corrected chi connectivity index (χ1v) is 8.07. The number of nitro groups is 1. The Morgan fingerprint density at radius 1 is 1.38 bits per heavy atom. The maximum Gasteiger partial charge on any atom is 0.361 e. The topological polar surface area (TPSA) is 116 Å². The summed E-state index contributed by atoms with van der Waals surface area (Å²) >= 11 is 0. The molecule has 0 unspecified atom stereocenters. The van der Waals surface area contributed by atoms with E-state index in [0.29, 0.717) is 12.1 Å². The molecular formula is C17H20N4O5. The Morgan fingerprint density at radius 3 is 2.62 bits per heavy atom. The lowest BCUT2D eigenvalue weighted by molar-refractivity contribution is -0.385. The van der Waals surface area contributed by atoms with Crippen LogP contribution in [0.25, 0.3) is 0 Å². The summed E-state index contributed by atoms with van der Waals surface area (Å²) in [4.78, 5) is 35.0. The number of rotatable bonds is 6. The number of benzene rings is 1. The van der Waals surface area contributed by atoms with Gasteiger partial charge in [0.2, 0.25) is 0 Å².